The van der Waals surface area contributed by atoms with E-state index in [1.807, 2.05) is 25.1 Å². The largest absolute Gasteiger partial charge is 0.469 e. The minimum atomic E-state index is -4.84. The second-order valence-corrected chi connectivity index (χ2v) is 10.5. The zero-order valence-electron chi connectivity index (χ0n) is 19.7. The SMILES string of the molecule is COC(=O)C1CCN(S(=O)(=O)c2ccccc2C(F)(F)F)C(c2cccc(-c3ccncc3C)c2)C1. The van der Waals surface area contributed by atoms with E-state index in [4.69, 9.17) is 4.74 Å². The van der Waals surface area contributed by atoms with E-state index >= 15 is 0 Å². The lowest BCUT2D eigenvalue weighted by Crippen LogP contribution is -2.43. The maximum absolute atomic E-state index is 13.7. The number of ether oxygens (including phenoxy) is 1. The molecule has 1 aromatic heterocycles. The van der Waals surface area contributed by atoms with Crippen LogP contribution in [0.5, 0.6) is 0 Å². The number of halogens is 3. The highest BCUT2D eigenvalue weighted by molar-refractivity contribution is 7.89. The molecule has 36 heavy (non-hydrogen) atoms. The van der Waals surface area contributed by atoms with Crippen LogP contribution in [-0.4, -0.2) is 37.3 Å². The van der Waals surface area contributed by atoms with Gasteiger partial charge in [-0.25, -0.2) is 8.42 Å². The lowest BCUT2D eigenvalue weighted by molar-refractivity contribution is -0.147. The van der Waals surface area contributed by atoms with Gasteiger partial charge in [0.15, 0.2) is 0 Å². The van der Waals surface area contributed by atoms with Gasteiger partial charge in [-0.15, -0.1) is 0 Å². The number of esters is 1. The molecule has 1 aliphatic heterocycles. The number of hydrogen-bond acceptors (Lipinski definition) is 5. The van der Waals surface area contributed by atoms with Crippen molar-refractivity contribution in [2.75, 3.05) is 13.7 Å². The van der Waals surface area contributed by atoms with Crippen LogP contribution in [0.3, 0.4) is 0 Å². The topological polar surface area (TPSA) is 76.6 Å². The Bertz CT molecular complexity index is 1380. The number of methoxy groups -OCH3 is 1. The number of carbonyl (C=O) groups is 1. The second kappa shape index (κ2) is 10.0. The molecule has 4 rings (SSSR count). The van der Waals surface area contributed by atoms with Crippen molar-refractivity contribution in [1.82, 2.24) is 9.29 Å². The number of sulfonamides is 1. The molecular formula is C26H25F3N2O4S. The zero-order chi connectivity index (χ0) is 26.1. The van der Waals surface area contributed by atoms with E-state index in [0.29, 0.717) is 5.56 Å². The lowest BCUT2D eigenvalue weighted by atomic mass is 9.87. The third kappa shape index (κ3) is 5.01. The first-order valence-corrected chi connectivity index (χ1v) is 12.7. The molecule has 1 saturated heterocycles. The predicted molar refractivity (Wildman–Crippen MR) is 127 cm³/mol. The summed E-state index contributed by atoms with van der Waals surface area (Å²) in [5.41, 5.74) is 1.96. The number of rotatable bonds is 5. The summed E-state index contributed by atoms with van der Waals surface area (Å²) in [5.74, 6) is -1.07. The Hall–Kier alpha value is -3.24. The summed E-state index contributed by atoms with van der Waals surface area (Å²) < 4.78 is 74.5. The molecule has 0 amide bonds. The minimum Gasteiger partial charge on any atom is -0.469 e. The van der Waals surface area contributed by atoms with Gasteiger partial charge in [0.2, 0.25) is 10.0 Å². The molecule has 0 N–H and O–H groups in total. The molecule has 2 aromatic carbocycles. The van der Waals surface area contributed by atoms with Crippen LogP contribution in [0.15, 0.2) is 71.9 Å². The molecule has 2 heterocycles. The average Bonchev–Trinajstić information content (AvgIpc) is 2.87. The van der Waals surface area contributed by atoms with Gasteiger partial charge >= 0.3 is 12.1 Å². The molecule has 0 aliphatic carbocycles. The van der Waals surface area contributed by atoms with Crippen molar-refractivity contribution < 1.29 is 31.1 Å². The number of carbonyl (C=O) groups excluding carboxylic acids is 1. The summed E-state index contributed by atoms with van der Waals surface area (Å²) >= 11 is 0. The molecule has 6 nitrogen and oxygen atoms in total. The van der Waals surface area contributed by atoms with Gasteiger partial charge in [-0.05, 0) is 66.3 Å². The highest BCUT2D eigenvalue weighted by Crippen LogP contribution is 2.42. The van der Waals surface area contributed by atoms with E-state index < -0.39 is 44.6 Å². The average molecular weight is 519 g/mol. The lowest BCUT2D eigenvalue weighted by Gasteiger charge is -2.38. The van der Waals surface area contributed by atoms with Crippen molar-refractivity contribution in [2.24, 2.45) is 5.92 Å². The highest BCUT2D eigenvalue weighted by atomic mass is 32.2. The smallest absolute Gasteiger partial charge is 0.417 e. The summed E-state index contributed by atoms with van der Waals surface area (Å²) in [6, 6.07) is 12.3. The molecule has 10 heteroatoms. The summed E-state index contributed by atoms with van der Waals surface area (Å²) in [4.78, 5) is 15.6. The zero-order valence-corrected chi connectivity index (χ0v) is 20.5. The Kier molecular flexibility index (Phi) is 7.19. The number of alkyl halides is 3. The molecule has 0 radical (unpaired) electrons. The molecule has 0 bridgehead atoms. The fourth-order valence-electron chi connectivity index (χ4n) is 4.68. The number of hydrogen-bond donors (Lipinski definition) is 0. The molecule has 3 aromatic rings. The number of aromatic nitrogens is 1. The summed E-state index contributed by atoms with van der Waals surface area (Å²) in [6.07, 6.45) is -1.27. The molecule has 2 atom stereocenters. The van der Waals surface area contributed by atoms with E-state index in [2.05, 4.69) is 4.98 Å². The van der Waals surface area contributed by atoms with Gasteiger partial charge in [-0.2, -0.15) is 17.5 Å². The van der Waals surface area contributed by atoms with Gasteiger partial charge < -0.3 is 4.74 Å². The van der Waals surface area contributed by atoms with E-state index in [-0.39, 0.29) is 19.4 Å². The first-order valence-electron chi connectivity index (χ1n) is 11.3. The van der Waals surface area contributed by atoms with Crippen LogP contribution >= 0.6 is 0 Å². The number of nitrogens with zero attached hydrogens (tertiary/aromatic N) is 2. The van der Waals surface area contributed by atoms with Crippen molar-refractivity contribution >= 4 is 16.0 Å². The van der Waals surface area contributed by atoms with Gasteiger partial charge in [0.25, 0.3) is 0 Å². The predicted octanol–water partition coefficient (Wildman–Crippen LogP) is 5.39. The highest BCUT2D eigenvalue weighted by Gasteiger charge is 2.44. The molecule has 190 valence electrons. The van der Waals surface area contributed by atoms with Gasteiger partial charge in [-0.1, -0.05) is 30.3 Å². The maximum atomic E-state index is 13.7. The van der Waals surface area contributed by atoms with Gasteiger partial charge in [0.1, 0.15) is 0 Å². The first kappa shape index (κ1) is 25.8. The number of pyridine rings is 1. The Morgan fingerprint density at radius 3 is 2.56 bits per heavy atom. The van der Waals surface area contributed by atoms with Gasteiger partial charge in [0, 0.05) is 18.9 Å². The molecule has 1 aliphatic rings. The fraction of sp³-hybridized carbons (Fsp3) is 0.308. The van der Waals surface area contributed by atoms with Gasteiger partial charge in [0.05, 0.1) is 29.5 Å². The van der Waals surface area contributed by atoms with E-state index in [0.717, 1.165) is 39.2 Å². The standard InChI is InChI=1S/C26H25F3N2O4S/c1-17-16-30-12-10-21(17)18-6-5-7-19(14-18)23-15-20(25(32)35-2)11-13-31(23)36(33,34)24-9-4-3-8-22(24)26(27,28)29/h3-10,12,14,16,20,23H,11,13,15H2,1-2H3. The van der Waals surface area contributed by atoms with E-state index in [9.17, 15) is 26.4 Å². The van der Waals surface area contributed by atoms with Crippen LogP contribution < -0.4 is 0 Å². The fourth-order valence-corrected chi connectivity index (χ4v) is 6.53. The van der Waals surface area contributed by atoms with Crippen molar-refractivity contribution in [3.63, 3.8) is 0 Å². The summed E-state index contributed by atoms with van der Waals surface area (Å²) in [5, 5.41) is 0. The van der Waals surface area contributed by atoms with Crippen LogP contribution in [0.4, 0.5) is 13.2 Å². The minimum absolute atomic E-state index is 0.0822. The Morgan fingerprint density at radius 2 is 1.86 bits per heavy atom. The second-order valence-electron chi connectivity index (χ2n) is 8.69. The summed E-state index contributed by atoms with van der Waals surface area (Å²) in [7, 11) is -3.31. The number of benzene rings is 2. The Morgan fingerprint density at radius 1 is 1.11 bits per heavy atom. The first-order chi connectivity index (χ1) is 17.0. The van der Waals surface area contributed by atoms with Crippen LogP contribution in [0.1, 0.15) is 35.6 Å². The third-order valence-corrected chi connectivity index (χ3v) is 8.44. The normalized spacial score (nSPS) is 19.1. The van der Waals surface area contributed by atoms with Crippen LogP contribution in [0.2, 0.25) is 0 Å². The molecule has 2 unspecified atom stereocenters. The Labute approximate surface area is 207 Å². The summed E-state index contributed by atoms with van der Waals surface area (Å²) in [6.45, 7) is 1.77. The quantitative estimate of drug-likeness (QED) is 0.424. The van der Waals surface area contributed by atoms with Crippen molar-refractivity contribution in [3.05, 3.63) is 83.7 Å². The van der Waals surface area contributed by atoms with Crippen LogP contribution in [-0.2, 0) is 25.7 Å². The van der Waals surface area contributed by atoms with Gasteiger partial charge in [-0.3, -0.25) is 9.78 Å². The molecule has 0 saturated carbocycles. The monoisotopic (exact) mass is 518 g/mol. The number of piperidine rings is 1. The van der Waals surface area contributed by atoms with Crippen molar-refractivity contribution in [1.29, 1.82) is 0 Å². The van der Waals surface area contributed by atoms with Crippen LogP contribution in [0, 0.1) is 12.8 Å². The molecule has 0 spiro atoms. The third-order valence-electron chi connectivity index (χ3n) is 6.47. The van der Waals surface area contributed by atoms with E-state index in [1.165, 1.54) is 13.2 Å². The van der Waals surface area contributed by atoms with E-state index in [1.54, 1.807) is 24.5 Å². The van der Waals surface area contributed by atoms with Crippen molar-refractivity contribution in [3.8, 4) is 11.1 Å². The number of aryl methyl sites for hydroxylation is 1. The maximum Gasteiger partial charge on any atom is 0.417 e. The Balaban J connectivity index is 1.82. The van der Waals surface area contributed by atoms with Crippen LogP contribution in [0.25, 0.3) is 11.1 Å². The molecular weight excluding hydrogens is 493 g/mol. The molecule has 1 fully saturated rings. The van der Waals surface area contributed by atoms with Crippen molar-refractivity contribution in [2.45, 2.75) is 36.9 Å².